The summed E-state index contributed by atoms with van der Waals surface area (Å²) in [7, 11) is -0.165. The molecule has 3 rings (SSSR count). The van der Waals surface area contributed by atoms with E-state index < -0.39 is 22.0 Å². The Morgan fingerprint density at radius 3 is 2.21 bits per heavy atom. The summed E-state index contributed by atoms with van der Waals surface area (Å²) in [5.41, 5.74) is 7.79. The molecule has 1 saturated heterocycles. The SMILES string of the molecule is CC(=O)O.CC(=O)O.CN(C)S(=O)(=O)C[C@@H]1COC[C@H]1n1ccnc1-c1ccc(CCN)cc1. The first kappa shape index (κ1) is 29.2. The van der Waals surface area contributed by atoms with Crippen LogP contribution in [0.3, 0.4) is 0 Å². The molecule has 0 bridgehead atoms. The van der Waals surface area contributed by atoms with Crippen LogP contribution in [0.15, 0.2) is 36.7 Å². The molecule has 0 amide bonds. The van der Waals surface area contributed by atoms with Crippen molar-refractivity contribution in [3.05, 3.63) is 42.2 Å². The molecule has 12 heteroatoms. The van der Waals surface area contributed by atoms with E-state index in [2.05, 4.69) is 17.1 Å². The fourth-order valence-electron chi connectivity index (χ4n) is 3.26. The Labute approximate surface area is 200 Å². The van der Waals surface area contributed by atoms with Gasteiger partial charge in [0.1, 0.15) is 5.82 Å². The minimum absolute atomic E-state index is 0.0501. The number of carbonyl (C=O) groups is 2. The molecule has 2 atom stereocenters. The minimum Gasteiger partial charge on any atom is -0.481 e. The summed E-state index contributed by atoms with van der Waals surface area (Å²) < 4.78 is 33.5. The fraction of sp³-hybridized carbons (Fsp3) is 0.500. The van der Waals surface area contributed by atoms with Crippen molar-refractivity contribution in [2.75, 3.05) is 39.6 Å². The number of aliphatic carboxylic acids is 2. The summed E-state index contributed by atoms with van der Waals surface area (Å²) in [4.78, 5) is 22.5. The quantitative estimate of drug-likeness (QED) is 0.510. The number of imidazole rings is 1. The normalized spacial score (nSPS) is 17.4. The highest BCUT2D eigenvalue weighted by Gasteiger charge is 2.35. The van der Waals surface area contributed by atoms with Gasteiger partial charge in [-0.1, -0.05) is 24.3 Å². The van der Waals surface area contributed by atoms with E-state index >= 15 is 0 Å². The van der Waals surface area contributed by atoms with Crippen molar-refractivity contribution in [2.45, 2.75) is 26.3 Å². The maximum Gasteiger partial charge on any atom is 0.300 e. The zero-order valence-corrected chi connectivity index (χ0v) is 20.7. The lowest BCUT2D eigenvalue weighted by atomic mass is 10.0. The molecule has 2 heterocycles. The second kappa shape index (κ2) is 13.8. The summed E-state index contributed by atoms with van der Waals surface area (Å²) in [6.45, 7) is 3.71. The molecule has 11 nitrogen and oxygen atoms in total. The van der Waals surface area contributed by atoms with Crippen molar-refractivity contribution < 1.29 is 33.0 Å². The highest BCUT2D eigenvalue weighted by atomic mass is 32.2. The van der Waals surface area contributed by atoms with Gasteiger partial charge in [0, 0.05) is 51.8 Å². The van der Waals surface area contributed by atoms with Gasteiger partial charge in [0.25, 0.3) is 11.9 Å². The lowest BCUT2D eigenvalue weighted by Gasteiger charge is -2.22. The molecule has 0 unspecified atom stereocenters. The van der Waals surface area contributed by atoms with Gasteiger partial charge >= 0.3 is 0 Å². The maximum absolute atomic E-state index is 12.3. The first-order valence-corrected chi connectivity index (χ1v) is 12.2. The van der Waals surface area contributed by atoms with Crippen molar-refractivity contribution in [1.82, 2.24) is 13.9 Å². The van der Waals surface area contributed by atoms with E-state index in [1.807, 2.05) is 22.9 Å². The van der Waals surface area contributed by atoms with Gasteiger partial charge in [0.05, 0.1) is 25.0 Å². The first-order chi connectivity index (χ1) is 15.9. The molecule has 1 aliphatic rings. The third-order valence-electron chi connectivity index (χ3n) is 4.82. The van der Waals surface area contributed by atoms with Crippen LogP contribution >= 0.6 is 0 Å². The number of benzene rings is 1. The van der Waals surface area contributed by atoms with Crippen LogP contribution < -0.4 is 5.73 Å². The predicted molar refractivity (Wildman–Crippen MR) is 128 cm³/mol. The minimum atomic E-state index is -3.29. The van der Waals surface area contributed by atoms with Crippen molar-refractivity contribution >= 4 is 22.0 Å². The lowest BCUT2D eigenvalue weighted by molar-refractivity contribution is -0.135. The first-order valence-electron chi connectivity index (χ1n) is 10.6. The number of rotatable bonds is 7. The second-order valence-electron chi connectivity index (χ2n) is 7.86. The van der Waals surface area contributed by atoms with Crippen molar-refractivity contribution in [3.8, 4) is 11.4 Å². The van der Waals surface area contributed by atoms with Crippen LogP contribution in [0.25, 0.3) is 11.4 Å². The maximum atomic E-state index is 12.3. The van der Waals surface area contributed by atoms with Gasteiger partial charge in [0.15, 0.2) is 0 Å². The molecule has 1 aromatic heterocycles. The molecule has 34 heavy (non-hydrogen) atoms. The number of hydrogen-bond acceptors (Lipinski definition) is 7. The molecule has 2 aromatic rings. The standard InChI is InChI=1S/C18H26N4O3S.2C2H4O2/c1-21(2)26(23,24)13-16-11-25-12-17(16)22-10-9-20-18(22)15-5-3-14(4-6-15)7-8-19;2*1-2(3)4/h3-6,9-10,16-17H,7-8,11-13,19H2,1-2H3;2*1H3,(H,3,4)/t16-,17+;;/m0../s1. The summed E-state index contributed by atoms with van der Waals surface area (Å²) in [6, 6.07) is 8.13. The van der Waals surface area contributed by atoms with Crippen LogP contribution in [0.5, 0.6) is 0 Å². The van der Waals surface area contributed by atoms with Crippen LogP contribution in [0.1, 0.15) is 25.5 Å². The second-order valence-corrected chi connectivity index (χ2v) is 10.1. The molecule has 0 radical (unpaired) electrons. The highest BCUT2D eigenvalue weighted by Crippen LogP contribution is 2.31. The molecule has 1 aliphatic heterocycles. The molecule has 0 saturated carbocycles. The molecule has 1 fully saturated rings. The summed E-state index contributed by atoms with van der Waals surface area (Å²) in [5, 5.41) is 14.8. The van der Waals surface area contributed by atoms with E-state index in [1.54, 1.807) is 20.3 Å². The van der Waals surface area contributed by atoms with Crippen molar-refractivity contribution in [1.29, 1.82) is 0 Å². The van der Waals surface area contributed by atoms with Gasteiger partial charge in [-0.15, -0.1) is 0 Å². The summed E-state index contributed by atoms with van der Waals surface area (Å²) in [6.07, 6.45) is 4.49. The van der Waals surface area contributed by atoms with Gasteiger partial charge < -0.3 is 25.3 Å². The van der Waals surface area contributed by atoms with Gasteiger partial charge in [-0.2, -0.15) is 0 Å². The molecular formula is C22H34N4O7S. The largest absolute Gasteiger partial charge is 0.481 e. The molecule has 0 spiro atoms. The lowest BCUT2D eigenvalue weighted by Crippen LogP contribution is -2.32. The van der Waals surface area contributed by atoms with Gasteiger partial charge in [0.2, 0.25) is 10.0 Å². The van der Waals surface area contributed by atoms with Gasteiger partial charge in [-0.05, 0) is 18.5 Å². The number of carboxylic acids is 2. The van der Waals surface area contributed by atoms with Crippen LogP contribution in [0.2, 0.25) is 0 Å². The van der Waals surface area contributed by atoms with Crippen LogP contribution in [0.4, 0.5) is 0 Å². The smallest absolute Gasteiger partial charge is 0.300 e. The predicted octanol–water partition coefficient (Wildman–Crippen LogP) is 1.31. The zero-order chi connectivity index (χ0) is 25.9. The average molecular weight is 499 g/mol. The van der Waals surface area contributed by atoms with E-state index in [0.717, 1.165) is 31.7 Å². The van der Waals surface area contributed by atoms with E-state index in [-0.39, 0.29) is 17.7 Å². The van der Waals surface area contributed by atoms with E-state index in [4.69, 9.17) is 30.3 Å². The Balaban J connectivity index is 0.000000629. The summed E-state index contributed by atoms with van der Waals surface area (Å²) >= 11 is 0. The van der Waals surface area contributed by atoms with Gasteiger partial charge in [-0.25, -0.2) is 17.7 Å². The number of ether oxygens (including phenoxy) is 1. The Morgan fingerprint density at radius 1 is 1.15 bits per heavy atom. The number of aromatic nitrogens is 2. The van der Waals surface area contributed by atoms with Crippen LogP contribution in [-0.4, -0.2) is 84.0 Å². The number of nitrogens with zero attached hydrogens (tertiary/aromatic N) is 3. The molecule has 0 aliphatic carbocycles. The molecule has 190 valence electrons. The summed E-state index contributed by atoms with van der Waals surface area (Å²) in [5.74, 6) is -0.878. The Hall–Kier alpha value is -2.80. The Morgan fingerprint density at radius 2 is 1.71 bits per heavy atom. The molecular weight excluding hydrogens is 464 g/mol. The fourth-order valence-corrected chi connectivity index (χ4v) is 4.42. The third kappa shape index (κ3) is 9.59. The van der Waals surface area contributed by atoms with E-state index in [1.165, 1.54) is 9.87 Å². The number of nitrogens with two attached hydrogens (primary N) is 1. The average Bonchev–Trinajstić information content (AvgIpc) is 3.36. The van der Waals surface area contributed by atoms with E-state index in [9.17, 15) is 8.42 Å². The Bertz CT molecular complexity index is 1000. The highest BCUT2D eigenvalue weighted by molar-refractivity contribution is 7.89. The van der Waals surface area contributed by atoms with Gasteiger partial charge in [-0.3, -0.25) is 9.59 Å². The number of sulfonamides is 1. The van der Waals surface area contributed by atoms with E-state index in [0.29, 0.717) is 19.8 Å². The number of hydrogen-bond donors (Lipinski definition) is 3. The monoisotopic (exact) mass is 498 g/mol. The zero-order valence-electron chi connectivity index (χ0n) is 19.9. The number of carboxylic acid groups (broad SMARTS) is 2. The van der Waals surface area contributed by atoms with Crippen molar-refractivity contribution in [2.24, 2.45) is 11.7 Å². The molecule has 1 aromatic carbocycles. The van der Waals surface area contributed by atoms with Crippen LogP contribution in [-0.2, 0) is 30.8 Å². The molecule has 4 N–H and O–H groups in total. The Kier molecular flexibility index (Phi) is 11.9. The topological polar surface area (TPSA) is 165 Å². The van der Waals surface area contributed by atoms with Crippen LogP contribution in [0, 0.1) is 5.92 Å². The third-order valence-corrected chi connectivity index (χ3v) is 6.78. The van der Waals surface area contributed by atoms with Crippen molar-refractivity contribution in [3.63, 3.8) is 0 Å².